The number of aromatic carboxylic acids is 1. The number of carbonyl (C=O) groups excluding carboxylic acids is 1. The number of carbonyl (C=O) groups is 2. The molecule has 4 saturated carbocycles. The summed E-state index contributed by atoms with van der Waals surface area (Å²) in [6.45, 7) is 9.88. The largest absolute Gasteiger partial charge is 0.478 e. The second kappa shape index (κ2) is 11.1. The Morgan fingerprint density at radius 3 is 2.35 bits per heavy atom. The maximum Gasteiger partial charge on any atom is 0.335 e. The van der Waals surface area contributed by atoms with Crippen LogP contribution in [0.1, 0.15) is 115 Å². The Hall–Kier alpha value is -1.89. The minimum atomic E-state index is -4.03. The molecule has 0 heterocycles. The first-order chi connectivity index (χ1) is 18.9. The normalized spacial score (nSPS) is 38.0. The first-order valence-corrected chi connectivity index (χ1v) is 17.3. The van der Waals surface area contributed by atoms with E-state index in [9.17, 15) is 18.0 Å². The van der Waals surface area contributed by atoms with Gasteiger partial charge in [-0.25, -0.2) is 17.9 Å². The Morgan fingerprint density at radius 1 is 0.975 bits per heavy atom. The zero-order valence-corrected chi connectivity index (χ0v) is 25.6. The van der Waals surface area contributed by atoms with E-state index in [1.54, 1.807) is 0 Å². The summed E-state index contributed by atoms with van der Waals surface area (Å²) in [5, 5.41) is 9.04. The number of sulfonamides is 1. The number of benzene rings is 1. The fourth-order valence-corrected chi connectivity index (χ4v) is 11.6. The number of carboxylic acid groups (broad SMARTS) is 1. The zero-order valence-electron chi connectivity index (χ0n) is 24.8. The lowest BCUT2D eigenvalue weighted by Crippen LogP contribution is -2.55. The molecule has 9 atom stereocenters. The van der Waals surface area contributed by atoms with Gasteiger partial charge in [0.2, 0.25) is 5.91 Å². The number of hydrogen-bond acceptors (Lipinski definition) is 4. The van der Waals surface area contributed by atoms with Crippen LogP contribution >= 0.6 is 0 Å². The fourth-order valence-electron chi connectivity index (χ4n) is 10.6. The van der Waals surface area contributed by atoms with Crippen LogP contribution in [-0.2, 0) is 14.8 Å². The molecule has 1 aromatic rings. The van der Waals surface area contributed by atoms with Gasteiger partial charge in [0, 0.05) is 6.42 Å². The molecule has 222 valence electrons. The number of carboxylic acids is 1. The number of nitrogens with one attached hydrogen (secondary N) is 1. The van der Waals surface area contributed by atoms with Crippen molar-refractivity contribution in [1.82, 2.24) is 4.72 Å². The van der Waals surface area contributed by atoms with Gasteiger partial charge in [0.1, 0.15) is 0 Å². The van der Waals surface area contributed by atoms with Gasteiger partial charge in [0.05, 0.1) is 10.5 Å². The molecule has 7 heteroatoms. The highest BCUT2D eigenvalue weighted by Gasteiger charge is 2.61. The second-order valence-corrected chi connectivity index (χ2v) is 15.9. The highest BCUT2D eigenvalue weighted by molar-refractivity contribution is 7.90. The number of rotatable bonds is 8. The summed E-state index contributed by atoms with van der Waals surface area (Å²) >= 11 is 0. The van der Waals surface area contributed by atoms with Gasteiger partial charge in [-0.3, -0.25) is 4.79 Å². The van der Waals surface area contributed by atoms with Gasteiger partial charge < -0.3 is 5.11 Å². The molecule has 4 aliphatic carbocycles. The molecule has 0 saturated heterocycles. The maximum absolute atomic E-state index is 12.7. The highest BCUT2D eigenvalue weighted by atomic mass is 32.2. The summed E-state index contributed by atoms with van der Waals surface area (Å²) in [6, 6.07) is 4.92. The van der Waals surface area contributed by atoms with E-state index in [4.69, 9.17) is 5.11 Å². The Balaban J connectivity index is 1.22. The summed E-state index contributed by atoms with van der Waals surface area (Å²) in [6.07, 6.45) is 14.4. The van der Waals surface area contributed by atoms with Crippen LogP contribution in [0, 0.1) is 52.3 Å². The van der Waals surface area contributed by atoms with Gasteiger partial charge >= 0.3 is 5.97 Å². The van der Waals surface area contributed by atoms with Crippen LogP contribution in [0.2, 0.25) is 0 Å². The molecule has 6 nitrogen and oxygen atoms in total. The summed E-state index contributed by atoms with van der Waals surface area (Å²) in [5.41, 5.74) is 0.831. The van der Waals surface area contributed by atoms with Crippen molar-refractivity contribution in [2.24, 2.45) is 52.3 Å². The van der Waals surface area contributed by atoms with Gasteiger partial charge in [-0.1, -0.05) is 47.0 Å². The average Bonchev–Trinajstić information content (AvgIpc) is 3.28. The van der Waals surface area contributed by atoms with Crippen molar-refractivity contribution in [1.29, 1.82) is 0 Å². The Morgan fingerprint density at radius 2 is 1.68 bits per heavy atom. The lowest BCUT2D eigenvalue weighted by molar-refractivity contribution is -0.138. The van der Waals surface area contributed by atoms with Crippen LogP contribution in [0.25, 0.3) is 0 Å². The first-order valence-electron chi connectivity index (χ1n) is 15.8. The molecular formula is C33H49NO5S. The molecule has 0 bridgehead atoms. The average molecular weight is 572 g/mol. The molecule has 4 aliphatic rings. The van der Waals surface area contributed by atoms with Gasteiger partial charge in [-0.2, -0.15) is 0 Å². The van der Waals surface area contributed by atoms with Crippen LogP contribution in [0.4, 0.5) is 0 Å². The molecule has 1 amide bonds. The third-order valence-electron chi connectivity index (χ3n) is 12.5. The van der Waals surface area contributed by atoms with E-state index in [-0.39, 0.29) is 16.9 Å². The SMILES string of the molecule is CC[C@H]1CC2C3CC[C@H]([C@H](C)CCC(=O)NS(=O)(=O)c4ccc(C(=O)O)cc4)[C@@]3(C)CCC2[C@@]2(C)CCCC[C@@H]12. The molecule has 3 unspecified atom stereocenters. The number of amides is 1. The molecular weight excluding hydrogens is 522 g/mol. The monoisotopic (exact) mass is 571 g/mol. The molecule has 5 rings (SSSR count). The molecule has 0 radical (unpaired) electrons. The lowest BCUT2D eigenvalue weighted by atomic mass is 9.42. The van der Waals surface area contributed by atoms with Crippen molar-refractivity contribution >= 4 is 21.9 Å². The topological polar surface area (TPSA) is 101 Å². The summed E-state index contributed by atoms with van der Waals surface area (Å²) in [4.78, 5) is 23.7. The minimum absolute atomic E-state index is 0.00241. The maximum atomic E-state index is 12.7. The van der Waals surface area contributed by atoms with Crippen molar-refractivity contribution in [3.8, 4) is 0 Å². The Labute approximate surface area is 241 Å². The molecule has 0 aliphatic heterocycles. The molecule has 0 aromatic heterocycles. The van der Waals surface area contributed by atoms with E-state index in [1.807, 2.05) is 0 Å². The minimum Gasteiger partial charge on any atom is -0.478 e. The molecule has 2 N–H and O–H groups in total. The van der Waals surface area contributed by atoms with Crippen molar-refractivity contribution in [3.05, 3.63) is 29.8 Å². The summed E-state index contributed by atoms with van der Waals surface area (Å²) in [5.74, 6) is 3.58. The van der Waals surface area contributed by atoms with Gasteiger partial charge in [0.15, 0.2) is 0 Å². The quantitative estimate of drug-likeness (QED) is 0.341. The smallest absolute Gasteiger partial charge is 0.335 e. The summed E-state index contributed by atoms with van der Waals surface area (Å²) in [7, 11) is -4.03. The van der Waals surface area contributed by atoms with Crippen molar-refractivity contribution in [3.63, 3.8) is 0 Å². The van der Waals surface area contributed by atoms with E-state index in [0.29, 0.717) is 29.1 Å². The standard InChI is InChI=1S/C33H49NO5S/c1-5-22-20-25-28-15-14-26(33(28,4)19-17-29(25)32(3)18-7-6-8-27(22)32)21(2)9-16-30(35)34-40(38,39)24-12-10-23(11-13-24)31(36)37/h10-13,21-22,25-29H,5-9,14-20H2,1-4H3,(H,34,35)(H,36,37)/t21-,22+,25?,26-,27+,28?,29?,32+,33-/m1/s1. The molecule has 0 spiro atoms. The van der Waals surface area contributed by atoms with Crippen LogP contribution in [0.5, 0.6) is 0 Å². The van der Waals surface area contributed by atoms with Gasteiger partial charge in [-0.15, -0.1) is 0 Å². The predicted octanol–water partition coefficient (Wildman–Crippen LogP) is 7.29. The van der Waals surface area contributed by atoms with Gasteiger partial charge in [0.25, 0.3) is 10.0 Å². The van der Waals surface area contributed by atoms with Crippen LogP contribution in [0.15, 0.2) is 29.2 Å². The van der Waals surface area contributed by atoms with Crippen molar-refractivity contribution in [2.75, 3.05) is 0 Å². The predicted molar refractivity (Wildman–Crippen MR) is 156 cm³/mol. The van der Waals surface area contributed by atoms with Crippen LogP contribution < -0.4 is 4.72 Å². The number of hydrogen-bond donors (Lipinski definition) is 2. The number of fused-ring (bicyclic) bond motifs is 5. The highest BCUT2D eigenvalue weighted by Crippen LogP contribution is 2.69. The Bertz CT molecular complexity index is 1210. The van der Waals surface area contributed by atoms with E-state index in [2.05, 4.69) is 32.4 Å². The van der Waals surface area contributed by atoms with E-state index in [0.717, 1.165) is 29.6 Å². The zero-order chi connectivity index (χ0) is 28.9. The first kappa shape index (κ1) is 29.6. The third-order valence-corrected chi connectivity index (χ3v) is 13.9. The molecule has 40 heavy (non-hydrogen) atoms. The van der Waals surface area contributed by atoms with Crippen LogP contribution in [0.3, 0.4) is 0 Å². The van der Waals surface area contributed by atoms with E-state index >= 15 is 0 Å². The Kier molecular flexibility index (Phi) is 8.19. The van der Waals surface area contributed by atoms with Crippen molar-refractivity contribution < 1.29 is 23.1 Å². The molecule has 4 fully saturated rings. The van der Waals surface area contributed by atoms with Crippen LogP contribution in [-0.4, -0.2) is 25.4 Å². The third kappa shape index (κ3) is 5.13. The fraction of sp³-hybridized carbons (Fsp3) is 0.758. The van der Waals surface area contributed by atoms with E-state index in [1.165, 1.54) is 88.5 Å². The van der Waals surface area contributed by atoms with Gasteiger partial charge in [-0.05, 0) is 128 Å². The lowest BCUT2D eigenvalue weighted by Gasteiger charge is -2.63. The molecule has 1 aromatic carbocycles. The second-order valence-electron chi connectivity index (χ2n) is 14.2. The summed E-state index contributed by atoms with van der Waals surface area (Å²) < 4.78 is 27.6. The van der Waals surface area contributed by atoms with Crippen molar-refractivity contribution in [2.45, 2.75) is 110 Å². The van der Waals surface area contributed by atoms with E-state index < -0.39 is 21.9 Å².